The van der Waals surface area contributed by atoms with Crippen molar-refractivity contribution < 1.29 is 14.3 Å². The monoisotopic (exact) mass is 348 g/mol. The second-order valence-corrected chi connectivity index (χ2v) is 7.28. The Hall–Kier alpha value is -1.69. The molecule has 0 bridgehead atoms. The van der Waals surface area contributed by atoms with Gasteiger partial charge in [-0.3, -0.25) is 4.79 Å². The van der Waals surface area contributed by atoms with Gasteiger partial charge in [-0.05, 0) is 44.1 Å². The summed E-state index contributed by atoms with van der Waals surface area (Å²) in [6.45, 7) is 4.05. The fourth-order valence-electron chi connectivity index (χ4n) is 3.34. The molecular weight excluding hydrogens is 324 g/mol. The van der Waals surface area contributed by atoms with Gasteiger partial charge in [0.05, 0.1) is 18.2 Å². The predicted molar refractivity (Wildman–Crippen MR) is 95.5 cm³/mol. The van der Waals surface area contributed by atoms with Gasteiger partial charge in [0.15, 0.2) is 0 Å². The number of likely N-dealkylation sites (tertiary alicyclic amines) is 1. The smallest absolute Gasteiger partial charge is 0.409 e. The topological polar surface area (TPSA) is 49.9 Å². The number of anilines is 1. The van der Waals surface area contributed by atoms with Gasteiger partial charge in [-0.2, -0.15) is 0 Å². The highest BCUT2D eigenvalue weighted by Gasteiger charge is 2.33. The van der Waals surface area contributed by atoms with Crippen molar-refractivity contribution in [2.45, 2.75) is 31.1 Å². The molecule has 0 spiro atoms. The van der Waals surface area contributed by atoms with Crippen LogP contribution in [0.1, 0.15) is 26.2 Å². The van der Waals surface area contributed by atoms with Gasteiger partial charge in [-0.25, -0.2) is 4.79 Å². The summed E-state index contributed by atoms with van der Waals surface area (Å²) in [5, 5.41) is 0. The molecule has 0 aliphatic carbocycles. The fraction of sp³-hybridized carbons (Fsp3) is 0.556. The van der Waals surface area contributed by atoms with Crippen LogP contribution >= 0.6 is 11.8 Å². The molecule has 2 heterocycles. The normalized spacial score (nSPS) is 21.0. The van der Waals surface area contributed by atoms with Gasteiger partial charge in [-0.1, -0.05) is 12.1 Å². The lowest BCUT2D eigenvalue weighted by Gasteiger charge is -2.34. The number of thioether (sulfide) groups is 1. The second kappa shape index (κ2) is 7.92. The van der Waals surface area contributed by atoms with Crippen LogP contribution in [0, 0.1) is 5.92 Å². The number of hydrogen-bond acceptors (Lipinski definition) is 4. The Morgan fingerprint density at radius 3 is 2.92 bits per heavy atom. The molecule has 2 aliphatic heterocycles. The highest BCUT2D eigenvalue weighted by atomic mass is 32.2. The average Bonchev–Trinajstić information content (AvgIpc) is 2.84. The molecule has 1 aromatic carbocycles. The third-order valence-electron chi connectivity index (χ3n) is 4.50. The Labute approximate surface area is 147 Å². The summed E-state index contributed by atoms with van der Waals surface area (Å²) in [7, 11) is 0. The average molecular weight is 348 g/mol. The molecule has 1 saturated heterocycles. The van der Waals surface area contributed by atoms with Gasteiger partial charge in [0, 0.05) is 24.5 Å². The Bertz CT molecular complexity index is 608. The molecule has 3 rings (SSSR count). The van der Waals surface area contributed by atoms with E-state index in [2.05, 4.69) is 6.07 Å². The molecule has 2 amide bonds. The van der Waals surface area contributed by atoms with Crippen LogP contribution in [0.2, 0.25) is 0 Å². The minimum Gasteiger partial charge on any atom is -0.450 e. The van der Waals surface area contributed by atoms with E-state index < -0.39 is 0 Å². The molecule has 1 fully saturated rings. The maximum atomic E-state index is 13.1. The molecule has 0 saturated carbocycles. The predicted octanol–water partition coefficient (Wildman–Crippen LogP) is 3.38. The number of para-hydroxylation sites is 1. The van der Waals surface area contributed by atoms with Crippen LogP contribution < -0.4 is 4.90 Å². The van der Waals surface area contributed by atoms with E-state index in [4.69, 9.17) is 4.74 Å². The van der Waals surface area contributed by atoms with Gasteiger partial charge >= 0.3 is 6.09 Å². The number of hydrogen-bond donors (Lipinski definition) is 0. The van der Waals surface area contributed by atoms with Crippen molar-refractivity contribution in [2.24, 2.45) is 5.92 Å². The Balaban J connectivity index is 1.75. The first kappa shape index (κ1) is 17.1. The van der Waals surface area contributed by atoms with E-state index in [-0.39, 0.29) is 17.9 Å². The van der Waals surface area contributed by atoms with Gasteiger partial charge in [0.1, 0.15) is 0 Å². The SMILES string of the molecule is CCOC(=O)N1CCCC(C(=O)N2CCCSc3ccccc32)C1. The number of fused-ring (bicyclic) bond motifs is 1. The van der Waals surface area contributed by atoms with Crippen molar-refractivity contribution in [1.82, 2.24) is 4.90 Å². The maximum Gasteiger partial charge on any atom is 0.409 e. The molecule has 5 nitrogen and oxygen atoms in total. The minimum atomic E-state index is -0.304. The van der Waals surface area contributed by atoms with E-state index in [1.807, 2.05) is 34.9 Å². The molecule has 2 aliphatic rings. The molecule has 6 heteroatoms. The number of ether oxygens (including phenoxy) is 1. The summed E-state index contributed by atoms with van der Waals surface area (Å²) in [6, 6.07) is 8.11. The summed E-state index contributed by atoms with van der Waals surface area (Å²) in [4.78, 5) is 29.9. The lowest BCUT2D eigenvalue weighted by atomic mass is 9.96. The molecule has 0 aromatic heterocycles. The number of rotatable bonds is 2. The van der Waals surface area contributed by atoms with E-state index >= 15 is 0 Å². The van der Waals surface area contributed by atoms with Crippen LogP contribution in [-0.4, -0.2) is 48.9 Å². The summed E-state index contributed by atoms with van der Waals surface area (Å²) < 4.78 is 5.09. The number of nitrogens with zero attached hydrogens (tertiary/aromatic N) is 2. The van der Waals surface area contributed by atoms with E-state index in [1.54, 1.807) is 11.8 Å². The Morgan fingerprint density at radius 1 is 1.25 bits per heavy atom. The van der Waals surface area contributed by atoms with Crippen molar-refractivity contribution in [3.05, 3.63) is 24.3 Å². The van der Waals surface area contributed by atoms with E-state index in [0.29, 0.717) is 19.7 Å². The zero-order valence-corrected chi connectivity index (χ0v) is 14.9. The number of piperidine rings is 1. The van der Waals surface area contributed by atoms with Gasteiger partial charge in [0.25, 0.3) is 0 Å². The van der Waals surface area contributed by atoms with Crippen LogP contribution in [0.15, 0.2) is 29.2 Å². The quantitative estimate of drug-likeness (QED) is 0.822. The third-order valence-corrected chi connectivity index (χ3v) is 5.65. The van der Waals surface area contributed by atoms with Crippen LogP contribution in [0.25, 0.3) is 0 Å². The summed E-state index contributed by atoms with van der Waals surface area (Å²) in [5.41, 5.74) is 1.01. The third kappa shape index (κ3) is 3.69. The van der Waals surface area contributed by atoms with E-state index in [9.17, 15) is 9.59 Å². The van der Waals surface area contributed by atoms with Crippen LogP contribution in [-0.2, 0) is 9.53 Å². The van der Waals surface area contributed by atoms with Crippen molar-refractivity contribution in [3.8, 4) is 0 Å². The molecule has 0 radical (unpaired) electrons. The Morgan fingerprint density at radius 2 is 2.08 bits per heavy atom. The first-order valence-corrected chi connectivity index (χ1v) is 9.64. The maximum absolute atomic E-state index is 13.1. The zero-order valence-electron chi connectivity index (χ0n) is 14.1. The van der Waals surface area contributed by atoms with Gasteiger partial charge < -0.3 is 14.5 Å². The van der Waals surface area contributed by atoms with E-state index in [1.165, 1.54) is 4.90 Å². The highest BCUT2D eigenvalue weighted by molar-refractivity contribution is 7.99. The number of benzene rings is 1. The van der Waals surface area contributed by atoms with Crippen molar-refractivity contribution in [1.29, 1.82) is 0 Å². The molecule has 130 valence electrons. The summed E-state index contributed by atoms with van der Waals surface area (Å²) in [5.74, 6) is 1.03. The van der Waals surface area contributed by atoms with Crippen LogP contribution in [0.3, 0.4) is 0 Å². The molecule has 1 atom stereocenters. The summed E-state index contributed by atoms with van der Waals surface area (Å²) in [6.07, 6.45) is 2.36. The van der Waals surface area contributed by atoms with E-state index in [0.717, 1.165) is 37.2 Å². The van der Waals surface area contributed by atoms with Crippen molar-refractivity contribution in [2.75, 3.05) is 36.9 Å². The standard InChI is InChI=1S/C18H24N2O3S/c1-2-23-18(22)19-10-5-7-14(13-19)17(21)20-11-6-12-24-16-9-4-3-8-15(16)20/h3-4,8-9,14H,2,5-7,10-13H2,1H3. The lowest BCUT2D eigenvalue weighted by Crippen LogP contribution is -2.47. The van der Waals surface area contributed by atoms with Crippen LogP contribution in [0.4, 0.5) is 10.5 Å². The van der Waals surface area contributed by atoms with Gasteiger partial charge in [0.2, 0.25) is 5.91 Å². The first-order chi connectivity index (χ1) is 11.7. The highest BCUT2D eigenvalue weighted by Crippen LogP contribution is 2.35. The zero-order chi connectivity index (χ0) is 16.9. The van der Waals surface area contributed by atoms with Gasteiger partial charge in [-0.15, -0.1) is 11.8 Å². The largest absolute Gasteiger partial charge is 0.450 e. The fourth-order valence-corrected chi connectivity index (χ4v) is 4.33. The molecular formula is C18H24N2O3S. The number of amides is 2. The first-order valence-electron chi connectivity index (χ1n) is 8.65. The molecule has 1 unspecified atom stereocenters. The molecule has 0 N–H and O–H groups in total. The number of carbonyl (C=O) groups excluding carboxylic acids is 2. The minimum absolute atomic E-state index is 0.138. The van der Waals surface area contributed by atoms with Crippen molar-refractivity contribution >= 4 is 29.4 Å². The lowest BCUT2D eigenvalue weighted by molar-refractivity contribution is -0.123. The molecule has 1 aromatic rings. The summed E-state index contributed by atoms with van der Waals surface area (Å²) >= 11 is 1.81. The second-order valence-electron chi connectivity index (χ2n) is 6.14. The Kier molecular flexibility index (Phi) is 5.66. The van der Waals surface area contributed by atoms with Crippen LogP contribution in [0.5, 0.6) is 0 Å². The number of carbonyl (C=O) groups is 2. The van der Waals surface area contributed by atoms with Crippen molar-refractivity contribution in [3.63, 3.8) is 0 Å². The molecule has 24 heavy (non-hydrogen) atoms.